The van der Waals surface area contributed by atoms with Gasteiger partial charge < -0.3 is 20.5 Å². The Morgan fingerprint density at radius 2 is 2.05 bits per heavy atom. The van der Waals surface area contributed by atoms with Crippen molar-refractivity contribution < 1.29 is 19.1 Å². The minimum absolute atomic E-state index is 0.0234. The van der Waals surface area contributed by atoms with E-state index in [1.807, 2.05) is 6.92 Å². The van der Waals surface area contributed by atoms with Gasteiger partial charge in [-0.25, -0.2) is 0 Å². The SMILES string of the molecule is CCOC(=O)C1CCC(NC(=O)C2(N)CCOC2)CC1. The second-order valence-corrected chi connectivity index (χ2v) is 5.73. The maximum atomic E-state index is 12.1. The van der Waals surface area contributed by atoms with Gasteiger partial charge >= 0.3 is 5.97 Å². The molecule has 6 heteroatoms. The van der Waals surface area contributed by atoms with Gasteiger partial charge in [0, 0.05) is 12.6 Å². The van der Waals surface area contributed by atoms with E-state index in [-0.39, 0.29) is 30.4 Å². The predicted molar refractivity (Wildman–Crippen MR) is 72.9 cm³/mol. The molecule has 0 spiro atoms. The van der Waals surface area contributed by atoms with E-state index in [1.165, 1.54) is 0 Å². The third kappa shape index (κ3) is 3.49. The van der Waals surface area contributed by atoms with Crippen LogP contribution in [0.1, 0.15) is 39.0 Å². The summed E-state index contributed by atoms with van der Waals surface area (Å²) in [6.45, 7) is 3.07. The molecule has 0 radical (unpaired) electrons. The molecule has 0 bridgehead atoms. The van der Waals surface area contributed by atoms with Gasteiger partial charge in [0.25, 0.3) is 0 Å². The van der Waals surface area contributed by atoms with Crippen molar-refractivity contribution in [1.29, 1.82) is 0 Å². The standard InChI is InChI=1S/C14H24N2O4/c1-2-20-12(17)10-3-5-11(6-4-10)16-13(18)14(15)7-8-19-9-14/h10-11H,2-9,15H2,1H3,(H,16,18). The Balaban J connectivity index is 1.77. The summed E-state index contributed by atoms with van der Waals surface area (Å²) < 4.78 is 10.2. The maximum absolute atomic E-state index is 12.1. The highest BCUT2D eigenvalue weighted by atomic mass is 16.5. The van der Waals surface area contributed by atoms with Crippen LogP contribution in [0.2, 0.25) is 0 Å². The lowest BCUT2D eigenvalue weighted by molar-refractivity contribution is -0.149. The number of amides is 1. The predicted octanol–water partition coefficient (Wildman–Crippen LogP) is 0.342. The minimum atomic E-state index is -0.877. The zero-order valence-electron chi connectivity index (χ0n) is 12.0. The molecule has 0 aromatic heterocycles. The zero-order chi connectivity index (χ0) is 14.6. The normalized spacial score (nSPS) is 33.7. The number of hydrogen-bond donors (Lipinski definition) is 2. The number of carbonyl (C=O) groups is 2. The van der Waals surface area contributed by atoms with Crippen molar-refractivity contribution in [2.45, 2.75) is 50.6 Å². The van der Waals surface area contributed by atoms with E-state index in [2.05, 4.69) is 5.32 Å². The third-order valence-corrected chi connectivity index (χ3v) is 4.19. The highest BCUT2D eigenvalue weighted by Crippen LogP contribution is 2.26. The van der Waals surface area contributed by atoms with Crippen LogP contribution in [-0.4, -0.2) is 43.3 Å². The van der Waals surface area contributed by atoms with Crippen molar-refractivity contribution in [2.75, 3.05) is 19.8 Å². The second-order valence-electron chi connectivity index (χ2n) is 5.73. The molecule has 1 aliphatic heterocycles. The fraction of sp³-hybridized carbons (Fsp3) is 0.857. The first-order valence-electron chi connectivity index (χ1n) is 7.39. The molecule has 2 rings (SSSR count). The zero-order valence-corrected chi connectivity index (χ0v) is 12.0. The average Bonchev–Trinajstić information content (AvgIpc) is 2.88. The first kappa shape index (κ1) is 15.3. The van der Waals surface area contributed by atoms with E-state index in [0.717, 1.165) is 25.7 Å². The molecule has 114 valence electrons. The van der Waals surface area contributed by atoms with Gasteiger partial charge in [-0.3, -0.25) is 9.59 Å². The van der Waals surface area contributed by atoms with E-state index in [1.54, 1.807) is 0 Å². The minimum Gasteiger partial charge on any atom is -0.466 e. The molecule has 6 nitrogen and oxygen atoms in total. The number of carbonyl (C=O) groups excluding carboxylic acids is 2. The summed E-state index contributed by atoms with van der Waals surface area (Å²) in [4.78, 5) is 23.8. The molecule has 1 amide bonds. The Morgan fingerprint density at radius 1 is 1.35 bits per heavy atom. The van der Waals surface area contributed by atoms with Crippen LogP contribution in [0.25, 0.3) is 0 Å². The van der Waals surface area contributed by atoms with Gasteiger partial charge in [-0.15, -0.1) is 0 Å². The number of rotatable bonds is 4. The molecule has 20 heavy (non-hydrogen) atoms. The Morgan fingerprint density at radius 3 is 2.60 bits per heavy atom. The Hall–Kier alpha value is -1.14. The van der Waals surface area contributed by atoms with Crippen LogP contribution in [0.15, 0.2) is 0 Å². The van der Waals surface area contributed by atoms with E-state index in [0.29, 0.717) is 19.6 Å². The molecule has 0 aromatic rings. The summed E-state index contributed by atoms with van der Waals surface area (Å²) >= 11 is 0. The molecule has 2 aliphatic rings. The highest BCUT2D eigenvalue weighted by molar-refractivity contribution is 5.86. The van der Waals surface area contributed by atoms with Crippen LogP contribution < -0.4 is 11.1 Å². The third-order valence-electron chi connectivity index (χ3n) is 4.19. The smallest absolute Gasteiger partial charge is 0.308 e. The topological polar surface area (TPSA) is 90.7 Å². The average molecular weight is 284 g/mol. The van der Waals surface area contributed by atoms with E-state index in [4.69, 9.17) is 15.2 Å². The lowest BCUT2D eigenvalue weighted by atomic mass is 9.85. The fourth-order valence-corrected chi connectivity index (χ4v) is 2.82. The summed E-state index contributed by atoms with van der Waals surface area (Å²) in [6.07, 6.45) is 3.69. The Kier molecular flexibility index (Phi) is 4.99. The van der Waals surface area contributed by atoms with E-state index in [9.17, 15) is 9.59 Å². The first-order chi connectivity index (χ1) is 9.55. The summed E-state index contributed by atoms with van der Waals surface area (Å²) in [5.41, 5.74) is 5.15. The summed E-state index contributed by atoms with van der Waals surface area (Å²) in [5, 5.41) is 3.00. The largest absolute Gasteiger partial charge is 0.466 e. The lowest BCUT2D eigenvalue weighted by Crippen LogP contribution is -2.57. The van der Waals surface area contributed by atoms with E-state index < -0.39 is 5.54 Å². The van der Waals surface area contributed by atoms with Crippen LogP contribution in [0.4, 0.5) is 0 Å². The Labute approximate surface area is 119 Å². The van der Waals surface area contributed by atoms with Crippen LogP contribution in [0.5, 0.6) is 0 Å². The van der Waals surface area contributed by atoms with Crippen LogP contribution >= 0.6 is 0 Å². The van der Waals surface area contributed by atoms with Gasteiger partial charge in [0.2, 0.25) is 5.91 Å². The van der Waals surface area contributed by atoms with Gasteiger partial charge in [0.15, 0.2) is 0 Å². The van der Waals surface area contributed by atoms with Crippen LogP contribution in [-0.2, 0) is 19.1 Å². The van der Waals surface area contributed by atoms with E-state index >= 15 is 0 Å². The lowest BCUT2D eigenvalue weighted by Gasteiger charge is -2.30. The molecule has 1 aliphatic carbocycles. The molecule has 1 heterocycles. The number of ether oxygens (including phenoxy) is 2. The number of esters is 1. The van der Waals surface area contributed by atoms with Crippen molar-refractivity contribution in [2.24, 2.45) is 11.7 Å². The number of hydrogen-bond acceptors (Lipinski definition) is 5. The quantitative estimate of drug-likeness (QED) is 0.727. The number of nitrogens with two attached hydrogens (primary N) is 1. The molecule has 0 aromatic carbocycles. The van der Waals surface area contributed by atoms with Gasteiger partial charge in [0.05, 0.1) is 19.1 Å². The summed E-state index contributed by atoms with van der Waals surface area (Å²) in [5.74, 6) is -0.267. The number of nitrogens with one attached hydrogen (secondary N) is 1. The van der Waals surface area contributed by atoms with Crippen molar-refractivity contribution in [3.63, 3.8) is 0 Å². The second kappa shape index (κ2) is 6.54. The molecular formula is C14H24N2O4. The maximum Gasteiger partial charge on any atom is 0.308 e. The molecule has 2 fully saturated rings. The summed E-state index contributed by atoms with van der Waals surface area (Å²) in [6, 6.07) is 0.106. The van der Waals surface area contributed by atoms with Crippen LogP contribution in [0.3, 0.4) is 0 Å². The molecule has 1 unspecified atom stereocenters. The fourth-order valence-electron chi connectivity index (χ4n) is 2.82. The molecule has 3 N–H and O–H groups in total. The van der Waals surface area contributed by atoms with Crippen molar-refractivity contribution in [1.82, 2.24) is 5.32 Å². The van der Waals surface area contributed by atoms with Crippen molar-refractivity contribution in [3.8, 4) is 0 Å². The van der Waals surface area contributed by atoms with Gasteiger partial charge in [-0.05, 0) is 39.0 Å². The van der Waals surface area contributed by atoms with Gasteiger partial charge in [-0.1, -0.05) is 0 Å². The summed E-state index contributed by atoms with van der Waals surface area (Å²) in [7, 11) is 0. The highest BCUT2D eigenvalue weighted by Gasteiger charge is 2.39. The van der Waals surface area contributed by atoms with Crippen LogP contribution in [0, 0.1) is 5.92 Å². The van der Waals surface area contributed by atoms with Gasteiger partial charge in [0.1, 0.15) is 5.54 Å². The van der Waals surface area contributed by atoms with Crippen molar-refractivity contribution >= 4 is 11.9 Å². The molecular weight excluding hydrogens is 260 g/mol. The molecule has 1 saturated carbocycles. The van der Waals surface area contributed by atoms with Crippen molar-refractivity contribution in [3.05, 3.63) is 0 Å². The van der Waals surface area contributed by atoms with Gasteiger partial charge in [-0.2, -0.15) is 0 Å². The molecule has 1 atom stereocenters. The monoisotopic (exact) mass is 284 g/mol. The first-order valence-corrected chi connectivity index (χ1v) is 7.39. The Bertz CT molecular complexity index is 358. The molecule has 1 saturated heterocycles.